The Bertz CT molecular complexity index is 1500. The fourth-order valence-electron chi connectivity index (χ4n) is 3.58. The second-order valence-corrected chi connectivity index (χ2v) is 9.57. The first-order chi connectivity index (χ1) is 19.2. The standard InChI is InChI=1S/C27H22ClN3O8S/c1-37-23-13-17(9-10-22(23)39-16-25(32)29-18-5-4-6-19(15-18)31(35)36)14-24-26(33)30(27(34)40-24)11-12-38-21-8-3-2-7-20(21)28/h2-10,13-15H,11-12,16H2,1H3,(H,29,32)/b24-14-. The number of halogens is 1. The van der Waals surface area contributed by atoms with E-state index in [9.17, 15) is 24.5 Å². The van der Waals surface area contributed by atoms with Crippen LogP contribution in [0.15, 0.2) is 71.6 Å². The highest BCUT2D eigenvalue weighted by atomic mass is 35.5. The van der Waals surface area contributed by atoms with Crippen LogP contribution in [0.1, 0.15) is 5.56 Å². The summed E-state index contributed by atoms with van der Waals surface area (Å²) in [5, 5.41) is 13.5. The summed E-state index contributed by atoms with van der Waals surface area (Å²) < 4.78 is 16.5. The molecule has 1 saturated heterocycles. The Morgan fingerprint density at radius 1 is 1.05 bits per heavy atom. The van der Waals surface area contributed by atoms with E-state index in [0.717, 1.165) is 16.7 Å². The number of carbonyl (C=O) groups excluding carboxylic acids is 3. The number of para-hydroxylation sites is 1. The van der Waals surface area contributed by atoms with Gasteiger partial charge < -0.3 is 19.5 Å². The van der Waals surface area contributed by atoms with Gasteiger partial charge in [-0.25, -0.2) is 0 Å². The van der Waals surface area contributed by atoms with Crippen LogP contribution in [0.25, 0.3) is 6.08 Å². The number of anilines is 1. The fraction of sp³-hybridized carbons (Fsp3) is 0.148. The number of rotatable bonds is 11. The van der Waals surface area contributed by atoms with Crippen LogP contribution in [0, 0.1) is 10.1 Å². The summed E-state index contributed by atoms with van der Waals surface area (Å²) in [7, 11) is 1.42. The first-order valence-electron chi connectivity index (χ1n) is 11.7. The summed E-state index contributed by atoms with van der Waals surface area (Å²) in [5.41, 5.74) is 0.678. The molecular formula is C27H22ClN3O8S. The lowest BCUT2D eigenvalue weighted by molar-refractivity contribution is -0.384. The lowest BCUT2D eigenvalue weighted by Gasteiger charge is -2.14. The van der Waals surface area contributed by atoms with Gasteiger partial charge in [0.15, 0.2) is 18.1 Å². The molecule has 1 aliphatic rings. The van der Waals surface area contributed by atoms with E-state index < -0.39 is 22.0 Å². The van der Waals surface area contributed by atoms with Gasteiger partial charge in [-0.2, -0.15) is 0 Å². The molecule has 0 aliphatic carbocycles. The number of hydrogen-bond acceptors (Lipinski definition) is 9. The summed E-state index contributed by atoms with van der Waals surface area (Å²) in [6, 6.07) is 17.2. The first kappa shape index (κ1) is 28.5. The van der Waals surface area contributed by atoms with E-state index >= 15 is 0 Å². The molecule has 0 radical (unpaired) electrons. The van der Waals surface area contributed by atoms with Gasteiger partial charge in [0.05, 0.1) is 28.5 Å². The second kappa shape index (κ2) is 13.0. The normalized spacial score (nSPS) is 13.8. The fourth-order valence-corrected chi connectivity index (χ4v) is 4.64. The minimum Gasteiger partial charge on any atom is -0.493 e. The molecule has 0 unspecified atom stereocenters. The second-order valence-electron chi connectivity index (χ2n) is 8.17. The van der Waals surface area contributed by atoms with Crippen molar-refractivity contribution in [3.63, 3.8) is 0 Å². The van der Waals surface area contributed by atoms with Crippen molar-refractivity contribution < 1.29 is 33.5 Å². The smallest absolute Gasteiger partial charge is 0.293 e. The Hall–Kier alpha value is -4.55. The molecule has 206 valence electrons. The lowest BCUT2D eigenvalue weighted by Crippen LogP contribution is -2.32. The molecule has 1 aliphatic heterocycles. The molecule has 1 N–H and O–H groups in total. The summed E-state index contributed by atoms with van der Waals surface area (Å²) in [6.07, 6.45) is 1.56. The first-order valence-corrected chi connectivity index (χ1v) is 12.9. The van der Waals surface area contributed by atoms with Gasteiger partial charge in [0.1, 0.15) is 12.4 Å². The van der Waals surface area contributed by atoms with Crippen molar-refractivity contribution in [3.8, 4) is 17.2 Å². The summed E-state index contributed by atoms with van der Waals surface area (Å²) >= 11 is 6.88. The highest BCUT2D eigenvalue weighted by Crippen LogP contribution is 2.34. The van der Waals surface area contributed by atoms with Crippen LogP contribution in [-0.4, -0.2) is 53.7 Å². The van der Waals surface area contributed by atoms with E-state index in [-0.39, 0.29) is 41.8 Å². The minimum absolute atomic E-state index is 0.0573. The maximum Gasteiger partial charge on any atom is 0.293 e. The number of nitro groups is 1. The number of carbonyl (C=O) groups is 3. The van der Waals surface area contributed by atoms with Gasteiger partial charge in [-0.05, 0) is 53.7 Å². The SMILES string of the molecule is COc1cc(/C=C2\SC(=O)N(CCOc3ccccc3Cl)C2=O)ccc1OCC(=O)Nc1cccc([N+](=O)[O-])c1. The maximum atomic E-state index is 12.8. The molecule has 3 aromatic rings. The predicted octanol–water partition coefficient (Wildman–Crippen LogP) is 5.39. The van der Waals surface area contributed by atoms with Crippen LogP contribution in [0.2, 0.25) is 5.02 Å². The number of methoxy groups -OCH3 is 1. The molecular weight excluding hydrogens is 562 g/mol. The van der Waals surface area contributed by atoms with E-state index in [0.29, 0.717) is 22.1 Å². The minimum atomic E-state index is -0.560. The van der Waals surface area contributed by atoms with Crippen LogP contribution in [0.4, 0.5) is 16.2 Å². The molecule has 0 atom stereocenters. The third kappa shape index (κ3) is 7.10. The van der Waals surface area contributed by atoms with E-state index in [1.54, 1.807) is 48.5 Å². The Labute approximate surface area is 237 Å². The van der Waals surface area contributed by atoms with Gasteiger partial charge in [0.2, 0.25) is 0 Å². The Morgan fingerprint density at radius 3 is 2.60 bits per heavy atom. The number of nitrogens with zero attached hydrogens (tertiary/aromatic N) is 2. The Kier molecular flexibility index (Phi) is 9.25. The van der Waals surface area contributed by atoms with Crippen molar-refractivity contribution in [2.45, 2.75) is 0 Å². The number of benzene rings is 3. The maximum absolute atomic E-state index is 12.8. The molecule has 40 heavy (non-hydrogen) atoms. The van der Waals surface area contributed by atoms with Gasteiger partial charge in [-0.15, -0.1) is 0 Å². The molecule has 0 bridgehead atoms. The Morgan fingerprint density at radius 2 is 1.85 bits per heavy atom. The zero-order valence-corrected chi connectivity index (χ0v) is 22.6. The predicted molar refractivity (Wildman–Crippen MR) is 150 cm³/mol. The van der Waals surface area contributed by atoms with Crippen molar-refractivity contribution in [1.82, 2.24) is 4.90 Å². The zero-order chi connectivity index (χ0) is 28.6. The van der Waals surface area contributed by atoms with Crippen molar-refractivity contribution in [3.05, 3.63) is 92.3 Å². The number of imide groups is 1. The zero-order valence-electron chi connectivity index (χ0n) is 21.0. The van der Waals surface area contributed by atoms with Crippen LogP contribution in [0.5, 0.6) is 17.2 Å². The number of ether oxygens (including phenoxy) is 3. The molecule has 1 fully saturated rings. The number of amides is 3. The van der Waals surface area contributed by atoms with Gasteiger partial charge in [-0.1, -0.05) is 35.9 Å². The van der Waals surface area contributed by atoms with Crippen LogP contribution in [-0.2, 0) is 9.59 Å². The topological polar surface area (TPSA) is 137 Å². The average molecular weight is 584 g/mol. The third-order valence-electron chi connectivity index (χ3n) is 5.47. The van der Waals surface area contributed by atoms with Gasteiger partial charge in [0, 0.05) is 17.8 Å². The molecule has 0 spiro atoms. The van der Waals surface area contributed by atoms with Crippen molar-refractivity contribution in [2.75, 3.05) is 32.2 Å². The van der Waals surface area contributed by atoms with Gasteiger partial charge in [-0.3, -0.25) is 29.4 Å². The van der Waals surface area contributed by atoms with E-state index in [2.05, 4.69) is 5.32 Å². The molecule has 1 heterocycles. The quantitative estimate of drug-likeness (QED) is 0.179. The van der Waals surface area contributed by atoms with E-state index in [4.69, 9.17) is 25.8 Å². The van der Waals surface area contributed by atoms with Crippen molar-refractivity contribution in [2.24, 2.45) is 0 Å². The average Bonchev–Trinajstić information content (AvgIpc) is 3.20. The molecule has 3 amide bonds. The van der Waals surface area contributed by atoms with Crippen LogP contribution < -0.4 is 19.5 Å². The molecule has 0 saturated carbocycles. The third-order valence-corrected chi connectivity index (χ3v) is 6.69. The summed E-state index contributed by atoms with van der Waals surface area (Å²) in [4.78, 5) is 49.2. The highest BCUT2D eigenvalue weighted by molar-refractivity contribution is 8.18. The van der Waals surface area contributed by atoms with Crippen LogP contribution in [0.3, 0.4) is 0 Å². The molecule has 13 heteroatoms. The van der Waals surface area contributed by atoms with Crippen molar-refractivity contribution >= 4 is 57.9 Å². The summed E-state index contributed by atoms with van der Waals surface area (Å²) in [6.45, 7) is -0.237. The molecule has 0 aromatic heterocycles. The number of thioether (sulfide) groups is 1. The highest BCUT2D eigenvalue weighted by Gasteiger charge is 2.34. The molecule has 4 rings (SSSR count). The largest absolute Gasteiger partial charge is 0.493 e. The van der Waals surface area contributed by atoms with E-state index in [1.165, 1.54) is 31.4 Å². The van der Waals surface area contributed by atoms with E-state index in [1.807, 2.05) is 0 Å². The number of nitrogens with one attached hydrogen (secondary N) is 1. The monoisotopic (exact) mass is 583 g/mol. The summed E-state index contributed by atoms with van der Waals surface area (Å²) in [5.74, 6) is 0.0410. The van der Waals surface area contributed by atoms with Crippen molar-refractivity contribution in [1.29, 1.82) is 0 Å². The molecule has 3 aromatic carbocycles. The van der Waals surface area contributed by atoms with Crippen LogP contribution >= 0.6 is 23.4 Å². The van der Waals surface area contributed by atoms with Gasteiger partial charge >= 0.3 is 0 Å². The number of non-ortho nitro benzene ring substituents is 1. The lowest BCUT2D eigenvalue weighted by atomic mass is 10.2. The molecule has 11 nitrogen and oxygen atoms in total. The number of hydrogen-bond donors (Lipinski definition) is 1. The van der Waals surface area contributed by atoms with Gasteiger partial charge in [0.25, 0.3) is 22.7 Å². The number of nitro benzene ring substituents is 1. The Balaban J connectivity index is 1.35.